The first-order chi connectivity index (χ1) is 14.7. The highest BCUT2D eigenvalue weighted by atomic mass is 16.3. The van der Waals surface area contributed by atoms with Crippen molar-refractivity contribution < 1.29 is 4.42 Å². The van der Waals surface area contributed by atoms with Crippen molar-refractivity contribution in [2.75, 3.05) is 0 Å². The van der Waals surface area contributed by atoms with Gasteiger partial charge in [-0.25, -0.2) is 0 Å². The van der Waals surface area contributed by atoms with Gasteiger partial charge in [0.1, 0.15) is 11.5 Å². The van der Waals surface area contributed by atoms with Crippen LogP contribution in [0.1, 0.15) is 122 Å². The highest BCUT2D eigenvalue weighted by Gasteiger charge is 2.27. The zero-order valence-corrected chi connectivity index (χ0v) is 20.0. The third-order valence-corrected chi connectivity index (χ3v) is 9.42. The molecule has 0 amide bonds. The van der Waals surface area contributed by atoms with E-state index in [2.05, 4.69) is 26.0 Å². The summed E-state index contributed by atoms with van der Waals surface area (Å²) < 4.78 is 6.31. The van der Waals surface area contributed by atoms with Crippen molar-refractivity contribution in [3.05, 3.63) is 23.7 Å². The van der Waals surface area contributed by atoms with Crippen LogP contribution < -0.4 is 0 Å². The summed E-state index contributed by atoms with van der Waals surface area (Å²) >= 11 is 0. The summed E-state index contributed by atoms with van der Waals surface area (Å²) in [6.45, 7) is 4.74. The van der Waals surface area contributed by atoms with Crippen LogP contribution in [0.5, 0.6) is 0 Å². The fraction of sp³-hybridized carbons (Fsp3) is 0.862. The molecule has 0 atom stereocenters. The molecule has 1 aromatic rings. The van der Waals surface area contributed by atoms with Crippen LogP contribution in [0.4, 0.5) is 0 Å². The van der Waals surface area contributed by atoms with Crippen LogP contribution in [0.2, 0.25) is 0 Å². The van der Waals surface area contributed by atoms with Gasteiger partial charge in [0.15, 0.2) is 0 Å². The molecule has 30 heavy (non-hydrogen) atoms. The van der Waals surface area contributed by atoms with Crippen molar-refractivity contribution in [2.24, 2.45) is 35.5 Å². The smallest absolute Gasteiger partial charge is 0.104 e. The Labute approximate surface area is 186 Å². The van der Waals surface area contributed by atoms with E-state index in [9.17, 15) is 0 Å². The highest BCUT2D eigenvalue weighted by molar-refractivity contribution is 5.09. The van der Waals surface area contributed by atoms with Gasteiger partial charge >= 0.3 is 0 Å². The van der Waals surface area contributed by atoms with E-state index >= 15 is 0 Å². The molecule has 0 unspecified atom stereocenters. The predicted molar refractivity (Wildman–Crippen MR) is 128 cm³/mol. The van der Waals surface area contributed by atoms with Crippen LogP contribution in [0.3, 0.4) is 0 Å². The summed E-state index contributed by atoms with van der Waals surface area (Å²) in [7, 11) is 0. The van der Waals surface area contributed by atoms with E-state index in [1.165, 1.54) is 121 Å². The van der Waals surface area contributed by atoms with Crippen LogP contribution >= 0.6 is 0 Å². The summed E-state index contributed by atoms with van der Waals surface area (Å²) in [6, 6.07) is 4.59. The maximum absolute atomic E-state index is 6.31. The van der Waals surface area contributed by atoms with E-state index in [0.29, 0.717) is 0 Å². The summed E-state index contributed by atoms with van der Waals surface area (Å²) in [6.07, 6.45) is 24.3. The van der Waals surface area contributed by atoms with Crippen LogP contribution in [0, 0.1) is 35.5 Å². The number of hydrogen-bond acceptors (Lipinski definition) is 1. The maximum Gasteiger partial charge on any atom is 0.104 e. The molecule has 3 aliphatic rings. The first-order valence-corrected chi connectivity index (χ1v) is 13.8. The number of rotatable bonds is 8. The third kappa shape index (κ3) is 6.39. The summed E-state index contributed by atoms with van der Waals surface area (Å²) in [4.78, 5) is 0. The lowest BCUT2D eigenvalue weighted by molar-refractivity contribution is 0.187. The molecule has 3 aliphatic carbocycles. The van der Waals surface area contributed by atoms with Gasteiger partial charge in [0.05, 0.1) is 0 Å². The lowest BCUT2D eigenvalue weighted by Gasteiger charge is -2.33. The van der Waals surface area contributed by atoms with Crippen molar-refractivity contribution in [3.63, 3.8) is 0 Å². The topological polar surface area (TPSA) is 13.1 Å². The molecule has 0 saturated heterocycles. The van der Waals surface area contributed by atoms with E-state index in [-0.39, 0.29) is 0 Å². The summed E-state index contributed by atoms with van der Waals surface area (Å²) in [5.74, 6) is 8.39. The summed E-state index contributed by atoms with van der Waals surface area (Å²) in [5, 5.41) is 0. The Hall–Kier alpha value is -0.720. The SMILES string of the molecule is CCC1CCC(Cc2ccc(CC3CCC(CC4CCC(CC)CC4)CC3)o2)CC1. The monoisotopic (exact) mass is 412 g/mol. The van der Waals surface area contributed by atoms with E-state index in [1.54, 1.807) is 0 Å². The molecule has 0 aromatic carbocycles. The van der Waals surface area contributed by atoms with Gasteiger partial charge in [0, 0.05) is 12.8 Å². The minimum atomic E-state index is 0.870. The molecule has 0 N–H and O–H groups in total. The number of furan rings is 1. The van der Waals surface area contributed by atoms with Gasteiger partial charge in [-0.15, -0.1) is 0 Å². The zero-order chi connectivity index (χ0) is 20.8. The molecule has 1 nitrogen and oxygen atoms in total. The Morgan fingerprint density at radius 1 is 0.533 bits per heavy atom. The largest absolute Gasteiger partial charge is 0.466 e. The van der Waals surface area contributed by atoms with Gasteiger partial charge in [-0.2, -0.15) is 0 Å². The van der Waals surface area contributed by atoms with Crippen molar-refractivity contribution in [2.45, 2.75) is 123 Å². The lowest BCUT2D eigenvalue weighted by atomic mass is 9.72. The molecule has 0 aliphatic heterocycles. The van der Waals surface area contributed by atoms with Crippen molar-refractivity contribution in [1.29, 1.82) is 0 Å². The zero-order valence-electron chi connectivity index (χ0n) is 20.0. The Bertz CT molecular complexity index is 592. The summed E-state index contributed by atoms with van der Waals surface area (Å²) in [5.41, 5.74) is 0. The second-order valence-corrected chi connectivity index (χ2v) is 11.5. The molecule has 1 heteroatoms. The normalized spacial score (nSPS) is 35.4. The Morgan fingerprint density at radius 3 is 1.23 bits per heavy atom. The molecule has 3 fully saturated rings. The van der Waals surface area contributed by atoms with Gasteiger partial charge in [0.2, 0.25) is 0 Å². The number of hydrogen-bond donors (Lipinski definition) is 0. The first-order valence-electron chi connectivity index (χ1n) is 13.8. The molecule has 0 radical (unpaired) electrons. The molecule has 4 rings (SSSR count). The molecule has 0 spiro atoms. The molecular formula is C29H48O. The molecule has 1 heterocycles. The molecule has 1 aromatic heterocycles. The molecule has 0 bridgehead atoms. The van der Waals surface area contributed by atoms with E-state index < -0.39 is 0 Å². The fourth-order valence-electron chi connectivity index (χ4n) is 7.07. The van der Waals surface area contributed by atoms with Gasteiger partial charge < -0.3 is 4.42 Å². The minimum Gasteiger partial charge on any atom is -0.466 e. The Morgan fingerprint density at radius 2 is 0.867 bits per heavy atom. The van der Waals surface area contributed by atoms with Crippen LogP contribution in [-0.4, -0.2) is 0 Å². The van der Waals surface area contributed by atoms with Crippen LogP contribution in [-0.2, 0) is 12.8 Å². The van der Waals surface area contributed by atoms with Crippen LogP contribution in [0.15, 0.2) is 16.5 Å². The second kappa shape index (κ2) is 11.2. The first kappa shape index (κ1) is 22.5. The third-order valence-electron chi connectivity index (χ3n) is 9.42. The molecule has 3 saturated carbocycles. The van der Waals surface area contributed by atoms with Crippen molar-refractivity contribution in [1.82, 2.24) is 0 Å². The van der Waals surface area contributed by atoms with Gasteiger partial charge in [-0.3, -0.25) is 0 Å². The minimum absolute atomic E-state index is 0.870. The standard InChI is InChI=1S/C29H48O/c1-3-22-5-9-24(10-6-22)19-25-13-15-27(16-14-25)21-29-18-17-28(30-29)20-26-11-7-23(4-2)8-12-26/h17-18,22-27H,3-16,19-21H2,1-2H3. The molecule has 170 valence electrons. The maximum atomic E-state index is 6.31. The fourth-order valence-corrected chi connectivity index (χ4v) is 7.07. The van der Waals surface area contributed by atoms with Crippen LogP contribution in [0.25, 0.3) is 0 Å². The van der Waals surface area contributed by atoms with Crippen molar-refractivity contribution >= 4 is 0 Å². The van der Waals surface area contributed by atoms with E-state index in [0.717, 1.165) is 35.5 Å². The second-order valence-electron chi connectivity index (χ2n) is 11.5. The van der Waals surface area contributed by atoms with E-state index in [4.69, 9.17) is 4.42 Å². The van der Waals surface area contributed by atoms with Crippen molar-refractivity contribution in [3.8, 4) is 0 Å². The lowest BCUT2D eigenvalue weighted by Crippen LogP contribution is -2.21. The average molecular weight is 413 g/mol. The Kier molecular flexibility index (Phi) is 8.42. The highest BCUT2D eigenvalue weighted by Crippen LogP contribution is 2.40. The average Bonchev–Trinajstić information content (AvgIpc) is 3.23. The predicted octanol–water partition coefficient (Wildman–Crippen LogP) is 8.99. The van der Waals surface area contributed by atoms with Gasteiger partial charge in [-0.1, -0.05) is 78.1 Å². The van der Waals surface area contributed by atoms with Gasteiger partial charge in [-0.05, 0) is 79.7 Å². The van der Waals surface area contributed by atoms with Gasteiger partial charge in [0.25, 0.3) is 0 Å². The quantitative estimate of drug-likeness (QED) is 0.415. The molecular weight excluding hydrogens is 364 g/mol. The van der Waals surface area contributed by atoms with E-state index in [1.807, 2.05) is 0 Å². The Balaban J connectivity index is 1.14.